The molecule has 0 radical (unpaired) electrons. The Labute approximate surface area is 95.6 Å². The number of rotatable bonds is 2. The minimum atomic E-state index is -0.748. The molecule has 0 amide bonds. The van der Waals surface area contributed by atoms with Gasteiger partial charge in [0.2, 0.25) is 0 Å². The van der Waals surface area contributed by atoms with Crippen molar-refractivity contribution < 1.29 is 4.79 Å². The standard InChI is InChI=1S/C10H7BrClNO/c1-6(14)10(12)9-4-8(11)3-2-7(9)5-13/h2-4,10H,1H3. The lowest BCUT2D eigenvalue weighted by Gasteiger charge is -2.08. The van der Waals surface area contributed by atoms with Gasteiger partial charge in [0.25, 0.3) is 0 Å². The summed E-state index contributed by atoms with van der Waals surface area (Å²) in [4.78, 5) is 11.1. The average molecular weight is 273 g/mol. The summed E-state index contributed by atoms with van der Waals surface area (Å²) in [6.45, 7) is 1.40. The monoisotopic (exact) mass is 271 g/mol. The van der Waals surface area contributed by atoms with Gasteiger partial charge in [0.05, 0.1) is 11.6 Å². The van der Waals surface area contributed by atoms with Crippen molar-refractivity contribution in [3.8, 4) is 6.07 Å². The molecule has 0 saturated carbocycles. The molecular formula is C10H7BrClNO. The molecule has 0 fully saturated rings. The molecule has 0 aliphatic rings. The molecule has 0 N–H and O–H groups in total. The Morgan fingerprint density at radius 2 is 2.29 bits per heavy atom. The molecule has 0 bridgehead atoms. The number of alkyl halides is 1. The average Bonchev–Trinajstić information content (AvgIpc) is 2.16. The van der Waals surface area contributed by atoms with E-state index in [0.29, 0.717) is 11.1 Å². The summed E-state index contributed by atoms with van der Waals surface area (Å²) in [7, 11) is 0. The van der Waals surface area contributed by atoms with Crippen LogP contribution >= 0.6 is 27.5 Å². The largest absolute Gasteiger partial charge is 0.298 e. The Kier molecular flexibility index (Phi) is 3.68. The number of hydrogen-bond donors (Lipinski definition) is 0. The molecule has 2 nitrogen and oxygen atoms in total. The predicted molar refractivity (Wildman–Crippen MR) is 58.1 cm³/mol. The van der Waals surface area contributed by atoms with Gasteiger partial charge in [-0.3, -0.25) is 4.79 Å². The third kappa shape index (κ3) is 2.34. The van der Waals surface area contributed by atoms with Crippen molar-refractivity contribution in [2.75, 3.05) is 0 Å². The van der Waals surface area contributed by atoms with Gasteiger partial charge in [-0.2, -0.15) is 5.26 Å². The van der Waals surface area contributed by atoms with Crippen LogP contribution in [-0.2, 0) is 4.79 Å². The first-order chi connectivity index (χ1) is 6.56. The maximum atomic E-state index is 11.1. The van der Waals surface area contributed by atoms with Crippen LogP contribution in [0.5, 0.6) is 0 Å². The zero-order valence-corrected chi connectivity index (χ0v) is 9.76. The van der Waals surface area contributed by atoms with Crippen molar-refractivity contribution in [1.82, 2.24) is 0 Å². The number of hydrogen-bond acceptors (Lipinski definition) is 2. The fraction of sp³-hybridized carbons (Fsp3) is 0.200. The number of nitriles is 1. The highest BCUT2D eigenvalue weighted by molar-refractivity contribution is 9.10. The lowest BCUT2D eigenvalue weighted by Crippen LogP contribution is -2.03. The summed E-state index contributed by atoms with van der Waals surface area (Å²) in [6, 6.07) is 7.07. The van der Waals surface area contributed by atoms with Gasteiger partial charge in [-0.15, -0.1) is 11.6 Å². The van der Waals surface area contributed by atoms with E-state index in [2.05, 4.69) is 15.9 Å². The molecular weight excluding hydrogens is 265 g/mol. The zero-order valence-electron chi connectivity index (χ0n) is 7.42. The maximum Gasteiger partial charge on any atom is 0.152 e. The lowest BCUT2D eigenvalue weighted by atomic mass is 10.0. The first kappa shape index (κ1) is 11.2. The summed E-state index contributed by atoms with van der Waals surface area (Å²) in [5, 5.41) is 8.06. The van der Waals surface area contributed by atoms with Crippen molar-refractivity contribution >= 4 is 33.3 Å². The highest BCUT2D eigenvalue weighted by atomic mass is 79.9. The van der Waals surface area contributed by atoms with Gasteiger partial charge in [-0.05, 0) is 30.7 Å². The van der Waals surface area contributed by atoms with Gasteiger partial charge in [0.15, 0.2) is 5.78 Å². The maximum absolute atomic E-state index is 11.1. The highest BCUT2D eigenvalue weighted by Crippen LogP contribution is 2.27. The summed E-state index contributed by atoms with van der Waals surface area (Å²) in [5.74, 6) is -0.165. The van der Waals surface area contributed by atoms with Crippen LogP contribution in [0.4, 0.5) is 0 Å². The molecule has 1 aromatic rings. The number of carbonyl (C=O) groups is 1. The van der Waals surface area contributed by atoms with Crippen molar-refractivity contribution in [2.24, 2.45) is 0 Å². The number of benzene rings is 1. The zero-order chi connectivity index (χ0) is 10.7. The fourth-order valence-electron chi connectivity index (χ4n) is 1.06. The van der Waals surface area contributed by atoms with Crippen molar-refractivity contribution in [3.63, 3.8) is 0 Å². The van der Waals surface area contributed by atoms with Crippen LogP contribution in [0.1, 0.15) is 23.4 Å². The van der Waals surface area contributed by atoms with Gasteiger partial charge in [0, 0.05) is 4.47 Å². The molecule has 14 heavy (non-hydrogen) atoms. The number of ketones is 1. The Morgan fingerprint density at radius 3 is 2.79 bits per heavy atom. The van der Waals surface area contributed by atoms with E-state index in [1.165, 1.54) is 6.92 Å². The molecule has 0 spiro atoms. The molecule has 0 aromatic heterocycles. The first-order valence-corrected chi connectivity index (χ1v) is 5.13. The minimum Gasteiger partial charge on any atom is -0.298 e. The van der Waals surface area contributed by atoms with E-state index in [4.69, 9.17) is 16.9 Å². The molecule has 72 valence electrons. The van der Waals surface area contributed by atoms with Crippen molar-refractivity contribution in [1.29, 1.82) is 5.26 Å². The second-order valence-electron chi connectivity index (χ2n) is 2.82. The number of Topliss-reactive ketones (excluding diaryl/α,β-unsaturated/α-hetero) is 1. The molecule has 0 aliphatic heterocycles. The first-order valence-electron chi connectivity index (χ1n) is 3.90. The van der Waals surface area contributed by atoms with E-state index in [1.807, 2.05) is 6.07 Å². The SMILES string of the molecule is CC(=O)C(Cl)c1cc(Br)ccc1C#N. The smallest absolute Gasteiger partial charge is 0.152 e. The lowest BCUT2D eigenvalue weighted by molar-refractivity contribution is -0.116. The third-order valence-corrected chi connectivity index (χ3v) is 2.80. The Bertz CT molecular complexity index is 411. The number of carbonyl (C=O) groups excluding carboxylic acids is 1. The van der Waals surface area contributed by atoms with Crippen LogP contribution < -0.4 is 0 Å². The van der Waals surface area contributed by atoms with E-state index in [9.17, 15) is 4.79 Å². The normalized spacial score (nSPS) is 11.9. The Hall–Kier alpha value is -0.850. The Morgan fingerprint density at radius 1 is 1.64 bits per heavy atom. The predicted octanol–water partition coefficient (Wildman–Crippen LogP) is 3.19. The van der Waals surface area contributed by atoms with Crippen LogP contribution in [0.15, 0.2) is 22.7 Å². The summed E-state index contributed by atoms with van der Waals surface area (Å²) in [5.41, 5.74) is 0.986. The minimum absolute atomic E-state index is 0.165. The number of halogens is 2. The topological polar surface area (TPSA) is 40.9 Å². The molecule has 1 atom stereocenters. The van der Waals surface area contributed by atoms with Crippen LogP contribution in [0.2, 0.25) is 0 Å². The summed E-state index contributed by atoms with van der Waals surface area (Å²) < 4.78 is 0.804. The van der Waals surface area contributed by atoms with E-state index in [0.717, 1.165) is 4.47 Å². The molecule has 0 aliphatic carbocycles. The third-order valence-electron chi connectivity index (χ3n) is 1.76. The molecule has 0 heterocycles. The molecule has 1 aromatic carbocycles. The quantitative estimate of drug-likeness (QED) is 0.776. The second kappa shape index (κ2) is 4.59. The van der Waals surface area contributed by atoms with Crippen molar-refractivity contribution in [3.05, 3.63) is 33.8 Å². The molecule has 4 heteroatoms. The van der Waals surface area contributed by atoms with E-state index in [-0.39, 0.29) is 5.78 Å². The van der Waals surface area contributed by atoms with E-state index in [1.54, 1.807) is 18.2 Å². The van der Waals surface area contributed by atoms with Gasteiger partial charge in [-0.25, -0.2) is 0 Å². The molecule has 1 unspecified atom stereocenters. The Balaban J connectivity index is 3.25. The van der Waals surface area contributed by atoms with Gasteiger partial charge >= 0.3 is 0 Å². The van der Waals surface area contributed by atoms with Gasteiger partial charge < -0.3 is 0 Å². The van der Waals surface area contributed by atoms with Gasteiger partial charge in [0.1, 0.15) is 5.38 Å². The molecule has 1 rings (SSSR count). The van der Waals surface area contributed by atoms with Crippen LogP contribution in [0.3, 0.4) is 0 Å². The summed E-state index contributed by atoms with van der Waals surface area (Å²) >= 11 is 9.14. The van der Waals surface area contributed by atoms with Crippen LogP contribution in [-0.4, -0.2) is 5.78 Å². The number of nitrogens with zero attached hydrogens (tertiary/aromatic N) is 1. The highest BCUT2D eigenvalue weighted by Gasteiger charge is 2.17. The van der Waals surface area contributed by atoms with E-state index < -0.39 is 5.38 Å². The van der Waals surface area contributed by atoms with Gasteiger partial charge in [-0.1, -0.05) is 15.9 Å². The van der Waals surface area contributed by atoms with E-state index >= 15 is 0 Å². The molecule has 0 saturated heterocycles. The van der Waals surface area contributed by atoms with Crippen molar-refractivity contribution in [2.45, 2.75) is 12.3 Å². The second-order valence-corrected chi connectivity index (χ2v) is 4.17. The van der Waals surface area contributed by atoms with Crippen LogP contribution in [0, 0.1) is 11.3 Å². The fourth-order valence-corrected chi connectivity index (χ4v) is 1.62. The van der Waals surface area contributed by atoms with Crippen LogP contribution in [0.25, 0.3) is 0 Å². The summed E-state index contributed by atoms with van der Waals surface area (Å²) in [6.07, 6.45) is 0.